The first-order valence-corrected chi connectivity index (χ1v) is 6.29. The second-order valence-electron chi connectivity index (χ2n) is 6.25. The summed E-state index contributed by atoms with van der Waals surface area (Å²) in [5.41, 5.74) is -0.823. The van der Waals surface area contributed by atoms with Gasteiger partial charge in [-0.25, -0.2) is 4.79 Å². The molecule has 1 amide bonds. The van der Waals surface area contributed by atoms with E-state index in [2.05, 4.69) is 5.32 Å². The maximum absolute atomic E-state index is 11.5. The number of hydrogen-bond donors (Lipinski definition) is 2. The number of nitrogens with one attached hydrogen (secondary N) is 1. The molecule has 0 saturated heterocycles. The summed E-state index contributed by atoms with van der Waals surface area (Å²) in [5, 5.41) is 11.6. The van der Waals surface area contributed by atoms with Crippen molar-refractivity contribution in [3.8, 4) is 0 Å². The summed E-state index contributed by atoms with van der Waals surface area (Å²) >= 11 is 0. The summed E-state index contributed by atoms with van der Waals surface area (Å²) in [4.78, 5) is 11.5. The van der Waals surface area contributed by atoms with Crippen molar-refractivity contribution in [3.63, 3.8) is 0 Å². The third-order valence-electron chi connectivity index (χ3n) is 1.84. The lowest BCUT2D eigenvalue weighted by Crippen LogP contribution is -2.40. The smallest absolute Gasteiger partial charge is 0.407 e. The van der Waals surface area contributed by atoms with Crippen LogP contribution in [0, 0.1) is 0 Å². The second-order valence-corrected chi connectivity index (χ2v) is 6.25. The molecule has 18 heavy (non-hydrogen) atoms. The van der Waals surface area contributed by atoms with Gasteiger partial charge in [-0.2, -0.15) is 0 Å². The molecule has 0 aliphatic heterocycles. The van der Waals surface area contributed by atoms with Gasteiger partial charge in [0.25, 0.3) is 0 Å². The zero-order chi connectivity index (χ0) is 14.4. The molecule has 0 bridgehead atoms. The molecule has 0 aromatic rings. The molecule has 0 aliphatic carbocycles. The predicted molar refractivity (Wildman–Crippen MR) is 70.6 cm³/mol. The van der Waals surface area contributed by atoms with Gasteiger partial charge in [0.2, 0.25) is 0 Å². The number of alkyl carbamates (subject to hydrolysis) is 1. The van der Waals surface area contributed by atoms with E-state index in [4.69, 9.17) is 14.6 Å². The zero-order valence-corrected chi connectivity index (χ0v) is 12.4. The fourth-order valence-electron chi connectivity index (χ4n) is 1.36. The highest BCUT2D eigenvalue weighted by molar-refractivity contribution is 5.67. The summed E-state index contributed by atoms with van der Waals surface area (Å²) in [5.74, 6) is 0. The summed E-state index contributed by atoms with van der Waals surface area (Å²) in [6, 6.07) is 0. The number of hydrogen-bond acceptors (Lipinski definition) is 4. The first-order valence-electron chi connectivity index (χ1n) is 6.29. The van der Waals surface area contributed by atoms with E-state index in [1.165, 1.54) is 0 Å². The largest absolute Gasteiger partial charge is 0.444 e. The molecule has 108 valence electrons. The van der Waals surface area contributed by atoms with Crippen LogP contribution < -0.4 is 5.32 Å². The van der Waals surface area contributed by atoms with Gasteiger partial charge in [-0.1, -0.05) is 0 Å². The number of carbonyl (C=O) groups excluding carboxylic acids is 1. The summed E-state index contributed by atoms with van der Waals surface area (Å²) in [6.45, 7) is 11.6. The van der Waals surface area contributed by atoms with Crippen molar-refractivity contribution in [2.75, 3.05) is 13.2 Å². The van der Waals surface area contributed by atoms with Crippen LogP contribution in [0.15, 0.2) is 0 Å². The quantitative estimate of drug-likeness (QED) is 0.795. The Morgan fingerprint density at radius 1 is 1.17 bits per heavy atom. The Balaban J connectivity index is 4.15. The molecule has 0 radical (unpaired) electrons. The number of aliphatic hydroxyl groups excluding tert-OH is 1. The molecule has 0 fully saturated rings. The second kappa shape index (κ2) is 6.95. The van der Waals surface area contributed by atoms with Gasteiger partial charge in [0, 0.05) is 13.2 Å². The molecular formula is C13H27NO4. The fourth-order valence-corrected chi connectivity index (χ4v) is 1.36. The average Bonchev–Trinajstić information content (AvgIpc) is 2.09. The van der Waals surface area contributed by atoms with E-state index < -0.39 is 11.7 Å². The van der Waals surface area contributed by atoms with E-state index >= 15 is 0 Å². The molecule has 0 heterocycles. The molecule has 5 nitrogen and oxygen atoms in total. The lowest BCUT2D eigenvalue weighted by Gasteiger charge is -2.28. The maximum Gasteiger partial charge on any atom is 0.407 e. The first-order chi connectivity index (χ1) is 8.03. The number of carbonyl (C=O) groups is 1. The minimum absolute atomic E-state index is 0.0245. The zero-order valence-electron chi connectivity index (χ0n) is 12.4. The summed E-state index contributed by atoms with van der Waals surface area (Å²) < 4.78 is 10.9. The summed E-state index contributed by atoms with van der Waals surface area (Å²) in [6.07, 6.45) is -0.210. The average molecular weight is 261 g/mol. The predicted octanol–water partition coefficient (Wildman–Crippen LogP) is 2.08. The van der Waals surface area contributed by atoms with Crippen molar-refractivity contribution < 1.29 is 19.4 Å². The van der Waals surface area contributed by atoms with Crippen molar-refractivity contribution in [1.82, 2.24) is 5.32 Å². The highest BCUT2D eigenvalue weighted by Crippen LogP contribution is 2.13. The molecular weight excluding hydrogens is 234 g/mol. The van der Waals surface area contributed by atoms with Gasteiger partial charge in [-0.3, -0.25) is 0 Å². The van der Waals surface area contributed by atoms with Crippen molar-refractivity contribution in [1.29, 1.82) is 0 Å². The third-order valence-corrected chi connectivity index (χ3v) is 1.84. The Hall–Kier alpha value is -0.810. The van der Waals surface area contributed by atoms with Crippen molar-refractivity contribution in [3.05, 3.63) is 0 Å². The number of aliphatic hydroxyl groups is 1. The number of amides is 1. The topological polar surface area (TPSA) is 67.8 Å². The van der Waals surface area contributed by atoms with Crippen LogP contribution in [0.4, 0.5) is 4.79 Å². The standard InChI is InChI=1S/C13H27NO4/c1-12(2,3)17-10(7-8-15)9-14-11(16)18-13(4,5)6/h10,15H,7-9H2,1-6H3,(H,14,16). The van der Waals surface area contributed by atoms with Crippen LogP contribution in [0.1, 0.15) is 48.0 Å². The van der Waals surface area contributed by atoms with Gasteiger partial charge >= 0.3 is 6.09 Å². The minimum Gasteiger partial charge on any atom is -0.444 e. The molecule has 0 rings (SSSR count). The molecule has 0 aromatic carbocycles. The SMILES string of the molecule is CC(C)(C)OC(=O)NCC(CCO)OC(C)(C)C. The van der Waals surface area contributed by atoms with Crippen LogP contribution in [0.25, 0.3) is 0 Å². The van der Waals surface area contributed by atoms with Crippen LogP contribution in [0.3, 0.4) is 0 Å². The van der Waals surface area contributed by atoms with E-state index in [1.54, 1.807) is 0 Å². The normalized spacial score (nSPS) is 14.2. The molecule has 5 heteroatoms. The van der Waals surface area contributed by atoms with Crippen LogP contribution in [-0.2, 0) is 9.47 Å². The minimum atomic E-state index is -0.512. The molecule has 2 N–H and O–H groups in total. The molecule has 0 aromatic heterocycles. The lowest BCUT2D eigenvalue weighted by molar-refractivity contribution is -0.0667. The van der Waals surface area contributed by atoms with Crippen LogP contribution in [-0.4, -0.2) is 41.7 Å². The van der Waals surface area contributed by atoms with Crippen molar-refractivity contribution >= 4 is 6.09 Å². The molecule has 0 spiro atoms. The van der Waals surface area contributed by atoms with Crippen LogP contribution in [0.2, 0.25) is 0 Å². The van der Waals surface area contributed by atoms with Gasteiger partial charge in [0.05, 0.1) is 11.7 Å². The Kier molecular flexibility index (Phi) is 6.63. The molecule has 1 unspecified atom stereocenters. The Labute approximate surface area is 110 Å². The van der Waals surface area contributed by atoms with Crippen molar-refractivity contribution in [2.45, 2.75) is 65.3 Å². The Morgan fingerprint density at radius 2 is 1.72 bits per heavy atom. The number of rotatable bonds is 5. The van der Waals surface area contributed by atoms with Gasteiger partial charge in [0.1, 0.15) is 5.60 Å². The highest BCUT2D eigenvalue weighted by atomic mass is 16.6. The van der Waals surface area contributed by atoms with Crippen LogP contribution in [0.5, 0.6) is 0 Å². The van der Waals surface area contributed by atoms with E-state index in [0.717, 1.165) is 0 Å². The number of ether oxygens (including phenoxy) is 2. The highest BCUT2D eigenvalue weighted by Gasteiger charge is 2.21. The van der Waals surface area contributed by atoms with Gasteiger partial charge < -0.3 is 19.9 Å². The molecule has 0 aliphatic rings. The lowest BCUT2D eigenvalue weighted by atomic mass is 10.1. The van der Waals surface area contributed by atoms with E-state index in [-0.39, 0.29) is 18.3 Å². The van der Waals surface area contributed by atoms with E-state index in [1.807, 2.05) is 41.5 Å². The van der Waals surface area contributed by atoms with E-state index in [9.17, 15) is 4.79 Å². The summed E-state index contributed by atoms with van der Waals surface area (Å²) in [7, 11) is 0. The molecule has 1 atom stereocenters. The van der Waals surface area contributed by atoms with Gasteiger partial charge in [0.15, 0.2) is 0 Å². The van der Waals surface area contributed by atoms with Crippen LogP contribution >= 0.6 is 0 Å². The Bertz CT molecular complexity index is 253. The molecule has 0 saturated carbocycles. The third kappa shape index (κ3) is 10.4. The first kappa shape index (κ1) is 17.2. The Morgan fingerprint density at radius 3 is 2.11 bits per heavy atom. The van der Waals surface area contributed by atoms with Gasteiger partial charge in [-0.05, 0) is 48.0 Å². The fraction of sp³-hybridized carbons (Fsp3) is 0.923. The van der Waals surface area contributed by atoms with Crippen molar-refractivity contribution in [2.24, 2.45) is 0 Å². The monoisotopic (exact) mass is 261 g/mol. The maximum atomic E-state index is 11.5. The van der Waals surface area contributed by atoms with Gasteiger partial charge in [-0.15, -0.1) is 0 Å². The van der Waals surface area contributed by atoms with E-state index in [0.29, 0.717) is 13.0 Å².